The molecule has 0 bridgehead atoms. The molecule has 0 saturated carbocycles. The molecule has 74 valence electrons. The second-order valence-electron chi connectivity index (χ2n) is 2.98. The molecule has 0 radical (unpaired) electrons. The summed E-state index contributed by atoms with van der Waals surface area (Å²) in [6.45, 7) is 5.65. The molecular weight excluding hydrogens is 186 g/mol. The van der Waals surface area contributed by atoms with Crippen LogP contribution in [-0.2, 0) is 11.0 Å². The largest absolute Gasteiger partial charge is 0.396 e. The van der Waals surface area contributed by atoms with Crippen molar-refractivity contribution in [2.45, 2.75) is 27.2 Å². The molecule has 0 aliphatic heterocycles. The average molecular weight is 201 g/mol. The predicted octanol–water partition coefficient (Wildman–Crippen LogP) is 1.00. The lowest BCUT2D eigenvalue weighted by Gasteiger charge is -2.01. The van der Waals surface area contributed by atoms with Crippen molar-refractivity contribution in [2.24, 2.45) is 0 Å². The number of rotatable bonds is 3. The summed E-state index contributed by atoms with van der Waals surface area (Å²) in [5.74, 6) is 0.626. The minimum absolute atomic E-state index is 0.626. The summed E-state index contributed by atoms with van der Waals surface area (Å²) in [5, 5.41) is 4.12. The van der Waals surface area contributed by atoms with Gasteiger partial charge < -0.3 is 5.73 Å². The van der Waals surface area contributed by atoms with Gasteiger partial charge in [0.2, 0.25) is 0 Å². The first-order chi connectivity index (χ1) is 6.07. The first kappa shape index (κ1) is 10.2. The highest BCUT2D eigenvalue weighted by atomic mass is 32.2. The number of hydrogen-bond donors (Lipinski definition) is 1. The van der Waals surface area contributed by atoms with Crippen molar-refractivity contribution in [3.63, 3.8) is 0 Å². The van der Waals surface area contributed by atoms with Gasteiger partial charge in [0.25, 0.3) is 0 Å². The Kier molecular flexibility index (Phi) is 3.08. The topological polar surface area (TPSA) is 60.9 Å². The molecule has 0 aromatic carbocycles. The maximum atomic E-state index is 11.6. The van der Waals surface area contributed by atoms with Crippen LogP contribution in [0, 0.1) is 13.8 Å². The number of aromatic nitrogens is 2. The lowest BCUT2D eigenvalue weighted by atomic mass is 10.3. The van der Waals surface area contributed by atoms with Gasteiger partial charge in [-0.3, -0.25) is 0 Å². The van der Waals surface area contributed by atoms with Gasteiger partial charge >= 0.3 is 0 Å². The molecule has 2 N–H and O–H groups in total. The lowest BCUT2D eigenvalue weighted by molar-refractivity contribution is 0.667. The number of anilines is 1. The van der Waals surface area contributed by atoms with Gasteiger partial charge in [-0.15, -0.1) is 0 Å². The van der Waals surface area contributed by atoms with Gasteiger partial charge in [-0.05, 0) is 20.3 Å². The van der Waals surface area contributed by atoms with Crippen LogP contribution < -0.4 is 5.73 Å². The molecule has 1 unspecified atom stereocenters. The van der Waals surface area contributed by atoms with E-state index < -0.39 is 11.0 Å². The molecule has 0 saturated heterocycles. The summed E-state index contributed by atoms with van der Waals surface area (Å²) in [6.07, 6.45) is 0.880. The average Bonchev–Trinajstić information content (AvgIpc) is 2.33. The van der Waals surface area contributed by atoms with Crippen LogP contribution in [0.5, 0.6) is 0 Å². The van der Waals surface area contributed by atoms with Crippen molar-refractivity contribution in [1.82, 2.24) is 9.19 Å². The molecule has 4 nitrogen and oxygen atoms in total. The van der Waals surface area contributed by atoms with Gasteiger partial charge in [0.1, 0.15) is 11.0 Å². The van der Waals surface area contributed by atoms with E-state index in [1.807, 2.05) is 20.8 Å². The van der Waals surface area contributed by atoms with Crippen molar-refractivity contribution in [2.75, 3.05) is 11.5 Å². The molecular formula is C8H15N3OS. The summed E-state index contributed by atoms with van der Waals surface area (Å²) >= 11 is 0. The van der Waals surface area contributed by atoms with Crippen LogP contribution in [0.3, 0.4) is 0 Å². The number of hydrogen-bond acceptors (Lipinski definition) is 3. The Morgan fingerprint density at radius 3 is 2.54 bits per heavy atom. The summed E-state index contributed by atoms with van der Waals surface area (Å²) in [4.78, 5) is 0. The van der Waals surface area contributed by atoms with Gasteiger partial charge in [0.15, 0.2) is 0 Å². The van der Waals surface area contributed by atoms with E-state index >= 15 is 0 Å². The third-order valence-corrected chi connectivity index (χ3v) is 3.38. The highest BCUT2D eigenvalue weighted by Gasteiger charge is 2.11. The van der Waals surface area contributed by atoms with Crippen molar-refractivity contribution in [3.8, 4) is 0 Å². The molecule has 1 aromatic rings. The quantitative estimate of drug-likeness (QED) is 0.793. The molecule has 5 heteroatoms. The molecule has 1 aromatic heterocycles. The van der Waals surface area contributed by atoms with E-state index in [9.17, 15) is 4.21 Å². The van der Waals surface area contributed by atoms with Crippen molar-refractivity contribution in [1.29, 1.82) is 0 Å². The normalized spacial score (nSPS) is 13.2. The monoisotopic (exact) mass is 201 g/mol. The van der Waals surface area contributed by atoms with Crippen LogP contribution in [0.2, 0.25) is 0 Å². The molecule has 1 atom stereocenters. The van der Waals surface area contributed by atoms with Gasteiger partial charge in [0, 0.05) is 5.75 Å². The van der Waals surface area contributed by atoms with Crippen LogP contribution in [0.1, 0.15) is 24.7 Å². The van der Waals surface area contributed by atoms with Gasteiger partial charge in [0.05, 0.1) is 17.1 Å². The van der Waals surface area contributed by atoms with E-state index in [2.05, 4.69) is 5.10 Å². The summed E-state index contributed by atoms with van der Waals surface area (Å²) < 4.78 is 13.1. The van der Waals surface area contributed by atoms with E-state index in [-0.39, 0.29) is 0 Å². The Labute approximate surface area is 80.7 Å². The first-order valence-corrected chi connectivity index (χ1v) is 5.56. The maximum Gasteiger partial charge on any atom is 0.140 e. The number of aryl methyl sites for hydroxylation is 1. The molecule has 0 aliphatic carbocycles. The highest BCUT2D eigenvalue weighted by molar-refractivity contribution is 7.83. The van der Waals surface area contributed by atoms with E-state index in [0.717, 1.165) is 17.8 Å². The summed E-state index contributed by atoms with van der Waals surface area (Å²) in [6, 6.07) is 0. The molecule has 0 aliphatic rings. The summed E-state index contributed by atoms with van der Waals surface area (Å²) in [7, 11) is -1.06. The fourth-order valence-electron chi connectivity index (χ4n) is 1.09. The molecule has 0 amide bonds. The van der Waals surface area contributed by atoms with Crippen LogP contribution in [0.15, 0.2) is 0 Å². The Balaban J connectivity index is 3.01. The van der Waals surface area contributed by atoms with E-state index in [1.165, 1.54) is 4.09 Å². The van der Waals surface area contributed by atoms with Crippen LogP contribution in [0.25, 0.3) is 0 Å². The molecule has 0 fully saturated rings. The Bertz CT molecular complexity index is 332. The second-order valence-corrected chi connectivity index (χ2v) is 4.38. The number of nitrogen functional groups attached to an aromatic ring is 1. The predicted molar refractivity (Wildman–Crippen MR) is 54.8 cm³/mol. The minimum atomic E-state index is -1.06. The first-order valence-electron chi connectivity index (χ1n) is 4.28. The van der Waals surface area contributed by atoms with Crippen molar-refractivity contribution in [3.05, 3.63) is 11.4 Å². The highest BCUT2D eigenvalue weighted by Crippen LogP contribution is 2.15. The van der Waals surface area contributed by atoms with Crippen LogP contribution in [0.4, 0.5) is 5.69 Å². The Morgan fingerprint density at radius 2 is 2.15 bits per heavy atom. The SMILES string of the molecule is CCCS(=O)n1nc(C)c(N)c1C. The Hall–Kier alpha value is -0.840. The zero-order chi connectivity index (χ0) is 10.0. The third kappa shape index (κ3) is 1.91. The third-order valence-electron chi connectivity index (χ3n) is 1.88. The van der Waals surface area contributed by atoms with Gasteiger partial charge in [-0.25, -0.2) is 4.21 Å². The van der Waals surface area contributed by atoms with Gasteiger partial charge in [-0.2, -0.15) is 9.19 Å². The molecule has 13 heavy (non-hydrogen) atoms. The fraction of sp³-hybridized carbons (Fsp3) is 0.625. The zero-order valence-electron chi connectivity index (χ0n) is 8.20. The molecule has 1 rings (SSSR count). The maximum absolute atomic E-state index is 11.6. The van der Waals surface area contributed by atoms with E-state index in [4.69, 9.17) is 5.73 Å². The lowest BCUT2D eigenvalue weighted by Crippen LogP contribution is -2.11. The smallest absolute Gasteiger partial charge is 0.140 e. The van der Waals surface area contributed by atoms with Crippen LogP contribution >= 0.6 is 0 Å². The Morgan fingerprint density at radius 1 is 1.54 bits per heavy atom. The summed E-state index contributed by atoms with van der Waals surface area (Å²) in [5.41, 5.74) is 7.91. The standard InChI is InChI=1S/C8H15N3OS/c1-4-5-13(12)11-7(3)8(9)6(2)10-11/h4-5,9H2,1-3H3. The van der Waals surface area contributed by atoms with Crippen molar-refractivity contribution >= 4 is 16.7 Å². The van der Waals surface area contributed by atoms with E-state index in [1.54, 1.807) is 0 Å². The molecule has 0 spiro atoms. The van der Waals surface area contributed by atoms with E-state index in [0.29, 0.717) is 11.4 Å². The van der Waals surface area contributed by atoms with Crippen molar-refractivity contribution < 1.29 is 4.21 Å². The molecule has 1 heterocycles. The number of nitrogens with two attached hydrogens (primary N) is 1. The second kappa shape index (κ2) is 3.91. The zero-order valence-corrected chi connectivity index (χ0v) is 9.02. The fourth-order valence-corrected chi connectivity index (χ4v) is 2.23. The minimum Gasteiger partial charge on any atom is -0.396 e. The van der Waals surface area contributed by atoms with Crippen LogP contribution in [-0.4, -0.2) is 19.1 Å². The number of nitrogens with zero attached hydrogens (tertiary/aromatic N) is 2. The van der Waals surface area contributed by atoms with Gasteiger partial charge in [-0.1, -0.05) is 6.92 Å².